The average Bonchev–Trinajstić information content (AvgIpc) is 3.41. The highest BCUT2D eigenvalue weighted by Gasteiger charge is 2.44. The van der Waals surface area contributed by atoms with E-state index in [-0.39, 0.29) is 45.4 Å². The molecular formula is C27H18N2O4. The lowest BCUT2D eigenvalue weighted by Gasteiger charge is -2.07. The van der Waals surface area contributed by atoms with Gasteiger partial charge in [0.1, 0.15) is 11.7 Å². The van der Waals surface area contributed by atoms with Crippen LogP contribution in [0.2, 0.25) is 0 Å². The van der Waals surface area contributed by atoms with Gasteiger partial charge in [-0.3, -0.25) is 19.2 Å². The summed E-state index contributed by atoms with van der Waals surface area (Å²) in [6.45, 7) is 3.57. The summed E-state index contributed by atoms with van der Waals surface area (Å²) in [7, 11) is 0. The molecule has 0 amide bonds. The Morgan fingerprint density at radius 3 is 1.91 bits per heavy atom. The van der Waals surface area contributed by atoms with Gasteiger partial charge in [0, 0.05) is 27.8 Å². The van der Waals surface area contributed by atoms with Crippen LogP contribution in [-0.4, -0.2) is 33.1 Å². The molecule has 0 atom stereocenters. The molecule has 0 saturated carbocycles. The summed E-state index contributed by atoms with van der Waals surface area (Å²) in [5.41, 5.74) is 5.00. The first-order chi connectivity index (χ1) is 15.8. The summed E-state index contributed by atoms with van der Waals surface area (Å²) in [6.07, 6.45) is 0. The molecule has 0 bridgehead atoms. The second-order valence-corrected chi connectivity index (χ2v) is 8.78. The van der Waals surface area contributed by atoms with Crippen LogP contribution in [0, 0.1) is 12.8 Å². The van der Waals surface area contributed by atoms with Crippen LogP contribution < -0.4 is 0 Å². The summed E-state index contributed by atoms with van der Waals surface area (Å²) in [5, 5.41) is 0. The normalized spacial score (nSPS) is 16.2. The van der Waals surface area contributed by atoms with E-state index in [1.54, 1.807) is 25.1 Å². The molecule has 6 rings (SSSR count). The van der Waals surface area contributed by atoms with Gasteiger partial charge in [-0.25, -0.2) is 4.98 Å². The van der Waals surface area contributed by atoms with Gasteiger partial charge in [0.05, 0.1) is 17.0 Å². The third-order valence-corrected chi connectivity index (χ3v) is 6.69. The van der Waals surface area contributed by atoms with E-state index in [0.29, 0.717) is 11.4 Å². The Labute approximate surface area is 188 Å². The Bertz CT molecular complexity index is 1500. The van der Waals surface area contributed by atoms with Crippen molar-refractivity contribution in [1.29, 1.82) is 0 Å². The number of carbonyl (C=O) groups is 4. The SMILES string of the molecule is Cc1ccc(-c2nc3ccc(C4C(=O)c5cc6c(cc5C4=O)C(=O)C(C)C6=O)cc3[nH]2)cc1. The lowest BCUT2D eigenvalue weighted by Crippen LogP contribution is -2.13. The van der Waals surface area contributed by atoms with Crippen molar-refractivity contribution >= 4 is 34.2 Å². The van der Waals surface area contributed by atoms with E-state index in [1.807, 2.05) is 31.2 Å². The third-order valence-electron chi connectivity index (χ3n) is 6.69. The van der Waals surface area contributed by atoms with Crippen LogP contribution in [0.15, 0.2) is 54.6 Å². The number of nitrogens with one attached hydrogen (secondary N) is 1. The number of fused-ring (bicyclic) bond motifs is 3. The number of benzene rings is 3. The number of imidazole rings is 1. The molecule has 160 valence electrons. The zero-order valence-corrected chi connectivity index (χ0v) is 17.9. The lowest BCUT2D eigenvalue weighted by atomic mass is 9.94. The number of aryl methyl sites for hydroxylation is 1. The summed E-state index contributed by atoms with van der Waals surface area (Å²) in [4.78, 5) is 59.2. The van der Waals surface area contributed by atoms with Crippen LogP contribution in [0.4, 0.5) is 0 Å². The molecule has 0 unspecified atom stereocenters. The summed E-state index contributed by atoms with van der Waals surface area (Å²) < 4.78 is 0. The van der Waals surface area contributed by atoms with Crippen LogP contribution in [-0.2, 0) is 0 Å². The number of Topliss-reactive ketones (excluding diaryl/α,β-unsaturated/α-hetero) is 4. The molecule has 2 aliphatic rings. The Balaban J connectivity index is 1.40. The molecule has 0 spiro atoms. The van der Waals surface area contributed by atoms with E-state index in [9.17, 15) is 19.2 Å². The number of ketones is 4. The molecule has 0 radical (unpaired) electrons. The highest BCUT2D eigenvalue weighted by molar-refractivity contribution is 6.33. The maximum absolute atomic E-state index is 13.2. The lowest BCUT2D eigenvalue weighted by molar-refractivity contribution is 0.0849. The van der Waals surface area contributed by atoms with Crippen molar-refractivity contribution in [2.45, 2.75) is 19.8 Å². The molecule has 1 aromatic heterocycles. The predicted octanol–water partition coefficient (Wildman–Crippen LogP) is 4.72. The zero-order valence-electron chi connectivity index (χ0n) is 17.9. The molecule has 3 aromatic carbocycles. The minimum atomic E-state index is -0.999. The molecule has 0 fully saturated rings. The molecule has 2 aliphatic carbocycles. The predicted molar refractivity (Wildman–Crippen MR) is 122 cm³/mol. The van der Waals surface area contributed by atoms with Gasteiger partial charge in [-0.05, 0) is 43.7 Å². The van der Waals surface area contributed by atoms with Gasteiger partial charge in [-0.1, -0.05) is 35.9 Å². The van der Waals surface area contributed by atoms with Crippen molar-refractivity contribution in [3.63, 3.8) is 0 Å². The van der Waals surface area contributed by atoms with Crippen molar-refractivity contribution < 1.29 is 19.2 Å². The van der Waals surface area contributed by atoms with Gasteiger partial charge in [-0.2, -0.15) is 0 Å². The Kier molecular flexibility index (Phi) is 3.93. The number of hydrogen-bond donors (Lipinski definition) is 1. The summed E-state index contributed by atoms with van der Waals surface area (Å²) in [5.74, 6) is -2.37. The zero-order chi connectivity index (χ0) is 23.0. The van der Waals surface area contributed by atoms with Gasteiger partial charge in [0.25, 0.3) is 0 Å². The van der Waals surface area contributed by atoms with E-state index < -0.39 is 11.8 Å². The number of rotatable bonds is 2. The van der Waals surface area contributed by atoms with E-state index in [2.05, 4.69) is 9.97 Å². The molecule has 0 saturated heterocycles. The Hall–Kier alpha value is -4.19. The first-order valence-corrected chi connectivity index (χ1v) is 10.7. The number of H-pyrrole nitrogens is 1. The topological polar surface area (TPSA) is 97.0 Å². The molecule has 1 heterocycles. The minimum absolute atomic E-state index is 0.212. The highest BCUT2D eigenvalue weighted by atomic mass is 16.2. The van der Waals surface area contributed by atoms with E-state index in [4.69, 9.17) is 0 Å². The van der Waals surface area contributed by atoms with Gasteiger partial charge in [0.2, 0.25) is 0 Å². The average molecular weight is 434 g/mol. The minimum Gasteiger partial charge on any atom is -0.338 e. The smallest absolute Gasteiger partial charge is 0.178 e. The first-order valence-electron chi connectivity index (χ1n) is 10.7. The molecule has 6 nitrogen and oxygen atoms in total. The van der Waals surface area contributed by atoms with Gasteiger partial charge in [0.15, 0.2) is 23.1 Å². The van der Waals surface area contributed by atoms with Crippen molar-refractivity contribution in [2.75, 3.05) is 0 Å². The molecule has 1 N–H and O–H groups in total. The number of nitrogens with zero attached hydrogens (tertiary/aromatic N) is 1. The quantitative estimate of drug-likeness (QED) is 0.461. The van der Waals surface area contributed by atoms with E-state index in [0.717, 1.165) is 22.2 Å². The van der Waals surface area contributed by atoms with E-state index in [1.165, 1.54) is 12.1 Å². The summed E-state index contributed by atoms with van der Waals surface area (Å²) >= 11 is 0. The summed E-state index contributed by atoms with van der Waals surface area (Å²) in [6, 6.07) is 16.1. The molecule has 6 heteroatoms. The fourth-order valence-electron chi connectivity index (χ4n) is 4.79. The molecule has 4 aromatic rings. The second-order valence-electron chi connectivity index (χ2n) is 8.78. The van der Waals surface area contributed by atoms with Crippen LogP contribution in [0.25, 0.3) is 22.4 Å². The van der Waals surface area contributed by atoms with Gasteiger partial charge < -0.3 is 4.98 Å². The van der Waals surface area contributed by atoms with Crippen LogP contribution in [0.1, 0.15) is 65.4 Å². The standard InChI is InChI=1S/C27H18N2O4/c1-12-3-5-14(6-4-12)27-28-20-8-7-15(9-21(20)29-27)22-25(32)18-10-16-17(11-19(18)26(22)33)24(31)13(2)23(16)30/h3-11,13,22H,1-2H3,(H,28,29). The van der Waals surface area contributed by atoms with Gasteiger partial charge >= 0.3 is 0 Å². The highest BCUT2D eigenvalue weighted by Crippen LogP contribution is 2.39. The van der Waals surface area contributed by atoms with Crippen molar-refractivity contribution in [2.24, 2.45) is 5.92 Å². The van der Waals surface area contributed by atoms with Crippen molar-refractivity contribution in [1.82, 2.24) is 9.97 Å². The maximum atomic E-state index is 13.2. The third kappa shape index (κ3) is 2.70. The second kappa shape index (κ2) is 6.65. The fraction of sp³-hybridized carbons (Fsp3) is 0.148. The number of carbonyl (C=O) groups excluding carboxylic acids is 4. The van der Waals surface area contributed by atoms with E-state index >= 15 is 0 Å². The monoisotopic (exact) mass is 434 g/mol. The van der Waals surface area contributed by atoms with Crippen LogP contribution in [0.3, 0.4) is 0 Å². The molecular weight excluding hydrogens is 416 g/mol. The van der Waals surface area contributed by atoms with Crippen LogP contribution >= 0.6 is 0 Å². The Morgan fingerprint density at radius 2 is 1.30 bits per heavy atom. The number of hydrogen-bond acceptors (Lipinski definition) is 5. The fourth-order valence-corrected chi connectivity index (χ4v) is 4.79. The first kappa shape index (κ1) is 19.5. The van der Waals surface area contributed by atoms with Crippen molar-refractivity contribution in [3.05, 3.63) is 88.0 Å². The number of aromatic amines is 1. The number of aromatic nitrogens is 2. The van der Waals surface area contributed by atoms with Gasteiger partial charge in [-0.15, -0.1) is 0 Å². The Morgan fingerprint density at radius 1 is 0.727 bits per heavy atom. The van der Waals surface area contributed by atoms with Crippen molar-refractivity contribution in [3.8, 4) is 11.4 Å². The van der Waals surface area contributed by atoms with Crippen LogP contribution in [0.5, 0.6) is 0 Å². The largest absolute Gasteiger partial charge is 0.338 e. The molecule has 33 heavy (non-hydrogen) atoms. The maximum Gasteiger partial charge on any atom is 0.178 e. The molecule has 0 aliphatic heterocycles.